The van der Waals surface area contributed by atoms with Crippen molar-refractivity contribution in [3.8, 4) is 0 Å². The Morgan fingerprint density at radius 3 is 2.93 bits per heavy atom. The molecule has 0 bridgehead atoms. The summed E-state index contributed by atoms with van der Waals surface area (Å²) in [7, 11) is 1.48. The molecule has 1 aromatic heterocycles. The number of hydrogen-bond donors (Lipinski definition) is 1. The summed E-state index contributed by atoms with van der Waals surface area (Å²) in [4.78, 5) is 21.3. The molecule has 0 saturated heterocycles. The molecule has 7 nitrogen and oxygen atoms in total. The fourth-order valence-electron chi connectivity index (χ4n) is 1.13. The van der Waals surface area contributed by atoms with Crippen LogP contribution < -0.4 is 5.73 Å². The van der Waals surface area contributed by atoms with Crippen molar-refractivity contribution < 1.29 is 9.72 Å². The van der Waals surface area contributed by atoms with Crippen molar-refractivity contribution in [2.24, 2.45) is 12.8 Å². The van der Waals surface area contributed by atoms with Crippen LogP contribution >= 0.6 is 0 Å². The van der Waals surface area contributed by atoms with Gasteiger partial charge in [0.05, 0.1) is 4.92 Å². The van der Waals surface area contributed by atoms with Gasteiger partial charge in [0.25, 0.3) is 0 Å². The number of Topliss-reactive ketones (excluding diaryl/α,β-unsaturated/α-hetero) is 1. The number of nitro groups is 1. The zero-order valence-corrected chi connectivity index (χ0v) is 7.64. The summed E-state index contributed by atoms with van der Waals surface area (Å²) in [6.45, 7) is 0.168. The minimum Gasteiger partial charge on any atom is -0.330 e. The van der Waals surface area contributed by atoms with Crippen molar-refractivity contribution in [3.63, 3.8) is 0 Å². The number of nitrogens with zero attached hydrogens (tertiary/aromatic N) is 3. The van der Waals surface area contributed by atoms with Crippen molar-refractivity contribution in [2.45, 2.75) is 6.42 Å². The van der Waals surface area contributed by atoms with Crippen LogP contribution in [-0.4, -0.2) is 27.0 Å². The molecule has 0 aromatic carbocycles. The highest BCUT2D eigenvalue weighted by molar-refractivity contribution is 5.98. The second-order valence-electron chi connectivity index (χ2n) is 2.72. The van der Waals surface area contributed by atoms with Crippen LogP contribution in [0.3, 0.4) is 0 Å². The Morgan fingerprint density at radius 1 is 1.79 bits per heavy atom. The van der Waals surface area contributed by atoms with E-state index in [1.54, 1.807) is 0 Å². The number of carbonyl (C=O) groups is 1. The Kier molecular flexibility index (Phi) is 2.92. The average molecular weight is 198 g/mol. The van der Waals surface area contributed by atoms with Gasteiger partial charge in [-0.2, -0.15) is 5.10 Å². The maximum Gasteiger partial charge on any atom is 0.317 e. The van der Waals surface area contributed by atoms with Gasteiger partial charge < -0.3 is 5.73 Å². The molecule has 0 radical (unpaired) electrons. The van der Waals surface area contributed by atoms with E-state index in [-0.39, 0.29) is 30.1 Å². The molecule has 0 aliphatic heterocycles. The van der Waals surface area contributed by atoms with Crippen LogP contribution in [0.5, 0.6) is 0 Å². The van der Waals surface area contributed by atoms with Crippen LogP contribution in [0.1, 0.15) is 16.9 Å². The number of hydrogen-bond acceptors (Lipinski definition) is 5. The monoisotopic (exact) mass is 198 g/mol. The maximum atomic E-state index is 11.4. The third-order valence-corrected chi connectivity index (χ3v) is 1.75. The Labute approximate surface area is 79.7 Å². The minimum absolute atomic E-state index is 0.000417. The number of ketones is 1. The predicted octanol–water partition coefficient (Wildman–Crippen LogP) is -0.140. The molecule has 0 aliphatic carbocycles. The molecule has 0 amide bonds. The fourth-order valence-corrected chi connectivity index (χ4v) is 1.13. The smallest absolute Gasteiger partial charge is 0.317 e. The highest BCUT2D eigenvalue weighted by Crippen LogP contribution is 2.17. The lowest BCUT2D eigenvalue weighted by atomic mass is 10.2. The van der Waals surface area contributed by atoms with Crippen LogP contribution in [-0.2, 0) is 7.05 Å². The molecule has 7 heteroatoms. The van der Waals surface area contributed by atoms with Gasteiger partial charge in [-0.25, -0.2) is 0 Å². The molecule has 14 heavy (non-hydrogen) atoms. The van der Waals surface area contributed by atoms with Crippen LogP contribution in [0.15, 0.2) is 6.20 Å². The second-order valence-corrected chi connectivity index (χ2v) is 2.72. The Morgan fingerprint density at radius 2 is 2.43 bits per heavy atom. The first kappa shape index (κ1) is 10.3. The van der Waals surface area contributed by atoms with E-state index in [0.29, 0.717) is 0 Å². The van der Waals surface area contributed by atoms with Gasteiger partial charge in [0.1, 0.15) is 6.20 Å². The van der Waals surface area contributed by atoms with Gasteiger partial charge in [0.2, 0.25) is 0 Å². The lowest BCUT2D eigenvalue weighted by Gasteiger charge is -1.98. The topological polar surface area (TPSA) is 104 Å². The molecular weight excluding hydrogens is 188 g/mol. The quantitative estimate of drug-likeness (QED) is 0.412. The van der Waals surface area contributed by atoms with Gasteiger partial charge in [0.15, 0.2) is 11.5 Å². The highest BCUT2D eigenvalue weighted by Gasteiger charge is 2.24. The standard InChI is InChI=1S/C7H10N4O3/c1-10-7(6(12)2-3-8)5(4-9-10)11(13)14/h4H,2-3,8H2,1H3. The lowest BCUT2D eigenvalue weighted by Crippen LogP contribution is -2.13. The molecule has 0 fully saturated rings. The first-order valence-corrected chi connectivity index (χ1v) is 3.97. The number of nitrogens with two attached hydrogens (primary N) is 1. The van der Waals surface area contributed by atoms with E-state index in [4.69, 9.17) is 5.73 Å². The summed E-state index contributed by atoms with van der Waals surface area (Å²) in [6.07, 6.45) is 1.14. The number of aryl methyl sites for hydroxylation is 1. The highest BCUT2D eigenvalue weighted by atomic mass is 16.6. The van der Waals surface area contributed by atoms with Crippen molar-refractivity contribution >= 4 is 11.5 Å². The van der Waals surface area contributed by atoms with Crippen LogP contribution in [0, 0.1) is 10.1 Å². The lowest BCUT2D eigenvalue weighted by molar-refractivity contribution is -0.385. The maximum absolute atomic E-state index is 11.4. The van der Waals surface area contributed by atoms with Gasteiger partial charge in [0, 0.05) is 13.5 Å². The van der Waals surface area contributed by atoms with Crippen LogP contribution in [0.4, 0.5) is 5.69 Å². The summed E-state index contributed by atoms with van der Waals surface area (Å²) < 4.78 is 1.19. The Balaban J connectivity index is 3.11. The van der Waals surface area contributed by atoms with Crippen molar-refractivity contribution in [1.29, 1.82) is 0 Å². The molecular formula is C7H10N4O3. The van der Waals surface area contributed by atoms with Gasteiger partial charge in [-0.1, -0.05) is 0 Å². The van der Waals surface area contributed by atoms with E-state index < -0.39 is 4.92 Å². The molecule has 0 saturated carbocycles. The minimum atomic E-state index is -0.628. The molecule has 0 atom stereocenters. The molecule has 76 valence electrons. The van der Waals surface area contributed by atoms with Gasteiger partial charge in [-0.05, 0) is 6.54 Å². The molecule has 1 heterocycles. The van der Waals surface area contributed by atoms with Crippen LogP contribution in [0.2, 0.25) is 0 Å². The Bertz CT molecular complexity index is 371. The predicted molar refractivity (Wildman–Crippen MR) is 47.9 cm³/mol. The zero-order valence-electron chi connectivity index (χ0n) is 7.64. The van der Waals surface area contributed by atoms with E-state index in [0.717, 1.165) is 6.20 Å². The van der Waals surface area contributed by atoms with E-state index in [9.17, 15) is 14.9 Å². The van der Waals surface area contributed by atoms with E-state index in [2.05, 4.69) is 5.10 Å². The van der Waals surface area contributed by atoms with Crippen molar-refractivity contribution in [2.75, 3.05) is 6.54 Å². The molecule has 0 aliphatic rings. The van der Waals surface area contributed by atoms with E-state index >= 15 is 0 Å². The van der Waals surface area contributed by atoms with E-state index in [1.165, 1.54) is 11.7 Å². The summed E-state index contributed by atoms with van der Waals surface area (Å²) >= 11 is 0. The second kappa shape index (κ2) is 3.97. The summed E-state index contributed by atoms with van der Waals surface area (Å²) in [6, 6.07) is 0. The average Bonchev–Trinajstić information content (AvgIpc) is 2.47. The van der Waals surface area contributed by atoms with Gasteiger partial charge in [-0.3, -0.25) is 19.6 Å². The SMILES string of the molecule is Cn1ncc([N+](=O)[O-])c1C(=O)CCN. The molecule has 1 rings (SSSR count). The van der Waals surface area contributed by atoms with Crippen molar-refractivity contribution in [3.05, 3.63) is 22.0 Å². The number of carbonyl (C=O) groups excluding carboxylic acids is 1. The zero-order chi connectivity index (χ0) is 10.7. The molecule has 0 unspecified atom stereocenters. The molecule has 1 aromatic rings. The van der Waals surface area contributed by atoms with Crippen molar-refractivity contribution in [1.82, 2.24) is 9.78 Å². The third kappa shape index (κ3) is 1.77. The Hall–Kier alpha value is -1.76. The first-order chi connectivity index (χ1) is 6.57. The number of aromatic nitrogens is 2. The normalized spacial score (nSPS) is 10.1. The first-order valence-electron chi connectivity index (χ1n) is 3.97. The summed E-state index contributed by atoms with van der Waals surface area (Å²) in [5, 5.41) is 14.2. The third-order valence-electron chi connectivity index (χ3n) is 1.75. The van der Waals surface area contributed by atoms with Crippen LogP contribution in [0.25, 0.3) is 0 Å². The van der Waals surface area contributed by atoms with E-state index in [1.807, 2.05) is 0 Å². The molecule has 0 spiro atoms. The van der Waals surface area contributed by atoms with Gasteiger partial charge in [-0.15, -0.1) is 0 Å². The summed E-state index contributed by atoms with van der Waals surface area (Å²) in [5.41, 5.74) is 4.92. The number of rotatable bonds is 4. The largest absolute Gasteiger partial charge is 0.330 e. The van der Waals surface area contributed by atoms with Gasteiger partial charge >= 0.3 is 5.69 Å². The summed E-state index contributed by atoms with van der Waals surface area (Å²) in [5.74, 6) is -0.362. The fraction of sp³-hybridized carbons (Fsp3) is 0.429. The molecule has 2 N–H and O–H groups in total.